The molecular weight excluding hydrogens is 402 g/mol. The Labute approximate surface area is 196 Å². The van der Waals surface area contributed by atoms with Gasteiger partial charge in [0.2, 0.25) is 5.91 Å². The van der Waals surface area contributed by atoms with E-state index >= 15 is 0 Å². The molecule has 0 spiro atoms. The summed E-state index contributed by atoms with van der Waals surface area (Å²) in [5.74, 6) is 0.192. The van der Waals surface area contributed by atoms with E-state index in [0.29, 0.717) is 13.0 Å². The van der Waals surface area contributed by atoms with Crippen LogP contribution in [0.15, 0.2) is 103 Å². The number of carbonyl (C=O) groups excluding carboxylic acids is 1. The average molecular weight is 432 g/mol. The first-order valence-electron chi connectivity index (χ1n) is 11.7. The fourth-order valence-electron chi connectivity index (χ4n) is 5.02. The van der Waals surface area contributed by atoms with Gasteiger partial charge in [0.25, 0.3) is 0 Å². The molecule has 0 aliphatic heterocycles. The van der Waals surface area contributed by atoms with E-state index in [1.54, 1.807) is 0 Å². The van der Waals surface area contributed by atoms with Gasteiger partial charge in [0, 0.05) is 12.6 Å². The largest absolute Gasteiger partial charge is 0.334 e. The molecule has 0 radical (unpaired) electrons. The van der Waals surface area contributed by atoms with Crippen molar-refractivity contribution in [3.63, 3.8) is 0 Å². The average Bonchev–Trinajstić information content (AvgIpc) is 3.27. The number of hydrogen-bond donors (Lipinski definition) is 0. The molecule has 4 aromatic carbocycles. The Bertz CT molecular complexity index is 1240. The van der Waals surface area contributed by atoms with Crippen molar-refractivity contribution >= 4 is 5.91 Å². The highest BCUT2D eigenvalue weighted by atomic mass is 16.2. The third-order valence-corrected chi connectivity index (χ3v) is 6.67. The first-order valence-corrected chi connectivity index (χ1v) is 11.7. The van der Waals surface area contributed by atoms with Crippen molar-refractivity contribution in [2.24, 2.45) is 0 Å². The van der Waals surface area contributed by atoms with Crippen molar-refractivity contribution in [1.29, 1.82) is 0 Å². The fourth-order valence-corrected chi connectivity index (χ4v) is 5.02. The first kappa shape index (κ1) is 21.2. The SMILES string of the molecule is Cc1cccc(CN(C(=O)Cc2ccccc2-c2ccccc2)C2Cc3ccccc3C2)c1. The Kier molecular flexibility index (Phi) is 6.08. The molecule has 0 aromatic heterocycles. The molecule has 2 nitrogen and oxygen atoms in total. The lowest BCUT2D eigenvalue weighted by molar-refractivity contribution is -0.133. The van der Waals surface area contributed by atoms with Gasteiger partial charge in [-0.3, -0.25) is 4.79 Å². The summed E-state index contributed by atoms with van der Waals surface area (Å²) in [4.78, 5) is 16.0. The Morgan fingerprint density at radius 3 is 2.18 bits per heavy atom. The molecule has 0 saturated heterocycles. The number of hydrogen-bond acceptors (Lipinski definition) is 1. The second kappa shape index (κ2) is 9.46. The molecule has 0 fully saturated rings. The van der Waals surface area contributed by atoms with Crippen LogP contribution in [0.1, 0.15) is 27.8 Å². The maximum Gasteiger partial charge on any atom is 0.227 e. The molecule has 0 N–H and O–H groups in total. The van der Waals surface area contributed by atoms with Gasteiger partial charge < -0.3 is 4.90 Å². The number of nitrogens with zero attached hydrogens (tertiary/aromatic N) is 1. The molecular formula is C31H29NO. The molecule has 2 heteroatoms. The maximum atomic E-state index is 13.8. The van der Waals surface area contributed by atoms with Crippen LogP contribution in [0.2, 0.25) is 0 Å². The Morgan fingerprint density at radius 2 is 1.45 bits per heavy atom. The molecule has 1 amide bonds. The van der Waals surface area contributed by atoms with Crippen LogP contribution in [0.25, 0.3) is 11.1 Å². The highest BCUT2D eigenvalue weighted by molar-refractivity contribution is 5.82. The monoisotopic (exact) mass is 431 g/mol. The van der Waals surface area contributed by atoms with E-state index in [2.05, 4.69) is 90.7 Å². The molecule has 0 bridgehead atoms. The van der Waals surface area contributed by atoms with Crippen LogP contribution >= 0.6 is 0 Å². The second-order valence-corrected chi connectivity index (χ2v) is 9.04. The molecule has 0 saturated carbocycles. The number of fused-ring (bicyclic) bond motifs is 1. The number of rotatable bonds is 6. The highest BCUT2D eigenvalue weighted by Gasteiger charge is 2.30. The zero-order valence-corrected chi connectivity index (χ0v) is 19.1. The van der Waals surface area contributed by atoms with Crippen molar-refractivity contribution in [3.05, 3.63) is 131 Å². The van der Waals surface area contributed by atoms with Crippen molar-refractivity contribution in [2.45, 2.75) is 38.8 Å². The van der Waals surface area contributed by atoms with E-state index in [4.69, 9.17) is 0 Å². The number of aryl methyl sites for hydroxylation is 1. The predicted molar refractivity (Wildman–Crippen MR) is 135 cm³/mol. The highest BCUT2D eigenvalue weighted by Crippen LogP contribution is 2.29. The van der Waals surface area contributed by atoms with Gasteiger partial charge in [-0.25, -0.2) is 0 Å². The second-order valence-electron chi connectivity index (χ2n) is 9.04. The van der Waals surface area contributed by atoms with Crippen molar-refractivity contribution < 1.29 is 4.79 Å². The summed E-state index contributed by atoms with van der Waals surface area (Å²) in [5.41, 5.74) is 8.53. The zero-order chi connectivity index (χ0) is 22.6. The first-order chi connectivity index (χ1) is 16.2. The van der Waals surface area contributed by atoms with Crippen LogP contribution in [0.3, 0.4) is 0 Å². The summed E-state index contributed by atoms with van der Waals surface area (Å²) >= 11 is 0. The molecule has 1 aliphatic rings. The summed E-state index contributed by atoms with van der Waals surface area (Å²) in [6.45, 7) is 2.75. The van der Waals surface area contributed by atoms with Crippen LogP contribution in [0.5, 0.6) is 0 Å². The van der Waals surface area contributed by atoms with E-state index in [1.807, 2.05) is 24.3 Å². The molecule has 1 aliphatic carbocycles. The summed E-state index contributed by atoms with van der Waals surface area (Å²) in [6, 6.07) is 36.0. The third-order valence-electron chi connectivity index (χ3n) is 6.67. The van der Waals surface area contributed by atoms with Crippen LogP contribution in [-0.4, -0.2) is 16.8 Å². The zero-order valence-electron chi connectivity index (χ0n) is 19.1. The molecule has 164 valence electrons. The minimum Gasteiger partial charge on any atom is -0.334 e. The molecule has 0 unspecified atom stereocenters. The lowest BCUT2D eigenvalue weighted by Gasteiger charge is -2.30. The molecule has 0 atom stereocenters. The van der Waals surface area contributed by atoms with Gasteiger partial charge >= 0.3 is 0 Å². The standard InChI is InChI=1S/C31H29NO/c1-23-10-9-11-24(18-23)22-32(29-19-26-14-5-6-15-27(26)20-29)31(33)21-28-16-7-8-17-30(28)25-12-3-2-4-13-25/h2-18,29H,19-22H2,1H3. The summed E-state index contributed by atoms with van der Waals surface area (Å²) in [6.07, 6.45) is 2.26. The van der Waals surface area contributed by atoms with Gasteiger partial charge in [0.15, 0.2) is 0 Å². The fraction of sp³-hybridized carbons (Fsp3) is 0.194. The Balaban J connectivity index is 1.44. The Morgan fingerprint density at radius 1 is 0.788 bits per heavy atom. The maximum absolute atomic E-state index is 13.8. The van der Waals surface area contributed by atoms with E-state index < -0.39 is 0 Å². The number of carbonyl (C=O) groups is 1. The number of amides is 1. The summed E-state index contributed by atoms with van der Waals surface area (Å²) in [7, 11) is 0. The summed E-state index contributed by atoms with van der Waals surface area (Å²) < 4.78 is 0. The number of benzene rings is 4. The smallest absolute Gasteiger partial charge is 0.227 e. The molecule has 33 heavy (non-hydrogen) atoms. The van der Waals surface area contributed by atoms with E-state index in [1.165, 1.54) is 22.3 Å². The van der Waals surface area contributed by atoms with Gasteiger partial charge in [0.05, 0.1) is 6.42 Å². The van der Waals surface area contributed by atoms with E-state index in [0.717, 1.165) is 29.5 Å². The van der Waals surface area contributed by atoms with Crippen LogP contribution < -0.4 is 0 Å². The lowest BCUT2D eigenvalue weighted by atomic mass is 9.97. The van der Waals surface area contributed by atoms with Crippen LogP contribution in [0, 0.1) is 6.92 Å². The summed E-state index contributed by atoms with van der Waals surface area (Å²) in [5, 5.41) is 0. The molecule has 4 aromatic rings. The molecule has 5 rings (SSSR count). The van der Waals surface area contributed by atoms with Gasteiger partial charge in [-0.2, -0.15) is 0 Å². The van der Waals surface area contributed by atoms with Gasteiger partial charge in [-0.1, -0.05) is 109 Å². The van der Waals surface area contributed by atoms with Gasteiger partial charge in [-0.05, 0) is 53.1 Å². The van der Waals surface area contributed by atoms with Crippen LogP contribution in [-0.2, 0) is 30.6 Å². The van der Waals surface area contributed by atoms with Crippen LogP contribution in [0.4, 0.5) is 0 Å². The molecule has 0 heterocycles. The normalized spacial score (nSPS) is 13.0. The minimum atomic E-state index is 0.192. The Hall–Kier alpha value is -3.65. The van der Waals surface area contributed by atoms with Gasteiger partial charge in [-0.15, -0.1) is 0 Å². The predicted octanol–water partition coefficient (Wildman–Crippen LogP) is 6.40. The quantitative estimate of drug-likeness (QED) is 0.346. The topological polar surface area (TPSA) is 20.3 Å². The van der Waals surface area contributed by atoms with Crippen molar-refractivity contribution in [2.75, 3.05) is 0 Å². The third kappa shape index (κ3) is 4.75. The lowest BCUT2D eigenvalue weighted by Crippen LogP contribution is -2.41. The van der Waals surface area contributed by atoms with E-state index in [-0.39, 0.29) is 11.9 Å². The van der Waals surface area contributed by atoms with Crippen molar-refractivity contribution in [1.82, 2.24) is 4.90 Å². The minimum absolute atomic E-state index is 0.192. The van der Waals surface area contributed by atoms with Gasteiger partial charge in [0.1, 0.15) is 0 Å². The van der Waals surface area contributed by atoms with Crippen molar-refractivity contribution in [3.8, 4) is 11.1 Å². The van der Waals surface area contributed by atoms with E-state index in [9.17, 15) is 4.79 Å².